The van der Waals surface area contributed by atoms with Gasteiger partial charge in [0.1, 0.15) is 5.82 Å². The SMILES string of the molecule is CCN(CC)[C@H](CNC(=O)Nc1ccc(F)cc1C)CC(C)C. The number of carbonyl (C=O) groups excluding carboxylic acids is 1. The number of anilines is 1. The van der Waals surface area contributed by atoms with Gasteiger partial charge in [-0.3, -0.25) is 4.90 Å². The summed E-state index contributed by atoms with van der Waals surface area (Å²) >= 11 is 0. The molecule has 1 aromatic rings. The van der Waals surface area contributed by atoms with Gasteiger partial charge >= 0.3 is 6.03 Å². The van der Waals surface area contributed by atoms with E-state index >= 15 is 0 Å². The topological polar surface area (TPSA) is 44.4 Å². The highest BCUT2D eigenvalue weighted by molar-refractivity contribution is 5.90. The summed E-state index contributed by atoms with van der Waals surface area (Å²) in [4.78, 5) is 14.5. The van der Waals surface area contributed by atoms with Gasteiger partial charge in [-0.25, -0.2) is 9.18 Å². The van der Waals surface area contributed by atoms with Crippen molar-refractivity contribution in [1.29, 1.82) is 0 Å². The molecule has 5 heteroatoms. The number of halogens is 1. The molecule has 0 aliphatic rings. The van der Waals surface area contributed by atoms with Gasteiger partial charge in [-0.05, 0) is 56.1 Å². The summed E-state index contributed by atoms with van der Waals surface area (Å²) in [5.41, 5.74) is 1.34. The van der Waals surface area contributed by atoms with Gasteiger partial charge in [0.2, 0.25) is 0 Å². The maximum absolute atomic E-state index is 13.1. The minimum absolute atomic E-state index is 0.249. The van der Waals surface area contributed by atoms with Crippen molar-refractivity contribution >= 4 is 11.7 Å². The maximum Gasteiger partial charge on any atom is 0.319 e. The zero-order chi connectivity index (χ0) is 17.4. The van der Waals surface area contributed by atoms with Crippen LogP contribution in [0, 0.1) is 18.7 Å². The van der Waals surface area contributed by atoms with Crippen molar-refractivity contribution in [2.75, 3.05) is 25.0 Å². The Morgan fingerprint density at radius 1 is 1.26 bits per heavy atom. The van der Waals surface area contributed by atoms with E-state index in [9.17, 15) is 9.18 Å². The summed E-state index contributed by atoms with van der Waals surface area (Å²) in [5.74, 6) is 0.275. The lowest BCUT2D eigenvalue weighted by molar-refractivity contribution is 0.186. The lowest BCUT2D eigenvalue weighted by atomic mass is 10.0. The molecule has 1 rings (SSSR count). The maximum atomic E-state index is 13.1. The number of nitrogens with zero attached hydrogens (tertiary/aromatic N) is 1. The fraction of sp³-hybridized carbons (Fsp3) is 0.611. The van der Waals surface area contributed by atoms with Crippen LogP contribution in [0.4, 0.5) is 14.9 Å². The lowest BCUT2D eigenvalue weighted by Gasteiger charge is -2.31. The second kappa shape index (κ2) is 9.50. The zero-order valence-electron chi connectivity index (χ0n) is 14.9. The van der Waals surface area contributed by atoms with Crippen molar-refractivity contribution < 1.29 is 9.18 Å². The molecule has 23 heavy (non-hydrogen) atoms. The van der Waals surface area contributed by atoms with Crippen LogP contribution in [-0.2, 0) is 0 Å². The molecule has 0 saturated heterocycles. The molecule has 0 aromatic heterocycles. The van der Waals surface area contributed by atoms with E-state index in [-0.39, 0.29) is 11.8 Å². The Bertz CT molecular complexity index is 501. The molecule has 0 saturated carbocycles. The first-order valence-corrected chi connectivity index (χ1v) is 8.42. The fourth-order valence-electron chi connectivity index (χ4n) is 2.79. The number of carbonyl (C=O) groups is 1. The molecule has 0 aliphatic heterocycles. The minimum atomic E-state index is -0.299. The molecular weight excluding hydrogens is 293 g/mol. The summed E-state index contributed by atoms with van der Waals surface area (Å²) in [6.45, 7) is 13.0. The van der Waals surface area contributed by atoms with Crippen molar-refractivity contribution in [2.45, 2.75) is 47.1 Å². The Balaban J connectivity index is 2.60. The molecule has 0 radical (unpaired) electrons. The standard InChI is InChI=1S/C18H30FN3O/c1-6-22(7-2)16(10-13(3)4)12-20-18(23)21-17-9-8-15(19)11-14(17)5/h8-9,11,13,16H,6-7,10,12H2,1-5H3,(H2,20,21,23)/t16-/m0/s1. The number of amides is 2. The molecule has 0 heterocycles. The first-order chi connectivity index (χ1) is 10.9. The molecule has 0 aliphatic carbocycles. The van der Waals surface area contributed by atoms with Crippen molar-refractivity contribution in [3.8, 4) is 0 Å². The average Bonchev–Trinajstić information content (AvgIpc) is 2.48. The normalized spacial score (nSPS) is 12.5. The van der Waals surface area contributed by atoms with E-state index in [1.165, 1.54) is 12.1 Å². The number of rotatable bonds is 8. The molecule has 1 atom stereocenters. The van der Waals surface area contributed by atoms with Crippen LogP contribution >= 0.6 is 0 Å². The number of nitrogens with one attached hydrogen (secondary N) is 2. The first-order valence-electron chi connectivity index (χ1n) is 8.42. The Hall–Kier alpha value is -1.62. The van der Waals surface area contributed by atoms with Gasteiger partial charge in [0.05, 0.1) is 0 Å². The van der Waals surface area contributed by atoms with Gasteiger partial charge in [0.25, 0.3) is 0 Å². The van der Waals surface area contributed by atoms with Crippen molar-refractivity contribution in [1.82, 2.24) is 10.2 Å². The molecule has 1 aromatic carbocycles. The summed E-state index contributed by atoms with van der Waals surface area (Å²) in [7, 11) is 0. The van der Waals surface area contributed by atoms with Crippen LogP contribution in [0.5, 0.6) is 0 Å². The molecule has 4 nitrogen and oxygen atoms in total. The number of hydrogen-bond acceptors (Lipinski definition) is 2. The molecule has 2 N–H and O–H groups in total. The Kier molecular flexibility index (Phi) is 8.03. The van der Waals surface area contributed by atoms with E-state index in [1.807, 2.05) is 0 Å². The Morgan fingerprint density at radius 2 is 1.91 bits per heavy atom. The number of aryl methyl sites for hydroxylation is 1. The molecule has 0 unspecified atom stereocenters. The first kappa shape index (κ1) is 19.4. The summed E-state index contributed by atoms with van der Waals surface area (Å²) in [6, 6.07) is 4.42. The molecule has 2 amide bonds. The molecule has 0 fully saturated rings. The summed E-state index contributed by atoms with van der Waals surface area (Å²) in [6.07, 6.45) is 1.04. The van der Waals surface area contributed by atoms with Gasteiger partial charge < -0.3 is 10.6 Å². The van der Waals surface area contributed by atoms with Crippen LogP contribution in [0.2, 0.25) is 0 Å². The van der Waals surface area contributed by atoms with E-state index in [0.29, 0.717) is 29.8 Å². The van der Waals surface area contributed by atoms with Crippen molar-refractivity contribution in [3.63, 3.8) is 0 Å². The number of urea groups is 1. The smallest absolute Gasteiger partial charge is 0.319 e. The third-order valence-corrected chi connectivity index (χ3v) is 4.01. The van der Waals surface area contributed by atoms with E-state index in [1.54, 1.807) is 13.0 Å². The quantitative estimate of drug-likeness (QED) is 0.759. The second-order valence-electron chi connectivity index (χ2n) is 6.30. The molecular formula is C18H30FN3O. The van der Waals surface area contributed by atoms with Crippen LogP contribution in [-0.4, -0.2) is 36.6 Å². The summed E-state index contributed by atoms with van der Waals surface area (Å²) < 4.78 is 13.1. The fourth-order valence-corrected chi connectivity index (χ4v) is 2.79. The second-order valence-corrected chi connectivity index (χ2v) is 6.30. The number of likely N-dealkylation sites (N-methyl/N-ethyl adjacent to an activating group) is 1. The van der Waals surface area contributed by atoms with Gasteiger partial charge in [-0.1, -0.05) is 27.7 Å². The van der Waals surface area contributed by atoms with Crippen LogP contribution in [0.3, 0.4) is 0 Å². The number of benzene rings is 1. The largest absolute Gasteiger partial charge is 0.336 e. The monoisotopic (exact) mass is 323 g/mol. The predicted molar refractivity (Wildman–Crippen MR) is 94.3 cm³/mol. The van der Waals surface area contributed by atoms with Gasteiger partial charge in [0, 0.05) is 18.3 Å². The van der Waals surface area contributed by atoms with E-state index < -0.39 is 0 Å². The van der Waals surface area contributed by atoms with E-state index in [2.05, 4.69) is 43.2 Å². The van der Waals surface area contributed by atoms with Crippen molar-refractivity contribution in [3.05, 3.63) is 29.6 Å². The number of hydrogen-bond donors (Lipinski definition) is 2. The third kappa shape index (κ3) is 6.57. The highest BCUT2D eigenvalue weighted by Gasteiger charge is 2.18. The van der Waals surface area contributed by atoms with E-state index in [0.717, 1.165) is 19.5 Å². The molecule has 0 spiro atoms. The predicted octanol–water partition coefficient (Wildman–Crippen LogP) is 4.01. The zero-order valence-corrected chi connectivity index (χ0v) is 14.9. The molecule has 130 valence electrons. The Morgan fingerprint density at radius 3 is 2.43 bits per heavy atom. The third-order valence-electron chi connectivity index (χ3n) is 4.01. The van der Waals surface area contributed by atoms with Crippen LogP contribution in [0.1, 0.15) is 39.7 Å². The van der Waals surface area contributed by atoms with Gasteiger partial charge in [-0.2, -0.15) is 0 Å². The summed E-state index contributed by atoms with van der Waals surface area (Å²) in [5, 5.41) is 5.73. The average molecular weight is 323 g/mol. The highest BCUT2D eigenvalue weighted by atomic mass is 19.1. The van der Waals surface area contributed by atoms with Gasteiger partial charge in [-0.15, -0.1) is 0 Å². The van der Waals surface area contributed by atoms with Crippen LogP contribution in [0.15, 0.2) is 18.2 Å². The van der Waals surface area contributed by atoms with Crippen LogP contribution in [0.25, 0.3) is 0 Å². The van der Waals surface area contributed by atoms with E-state index in [4.69, 9.17) is 0 Å². The van der Waals surface area contributed by atoms with Crippen molar-refractivity contribution in [2.24, 2.45) is 5.92 Å². The highest BCUT2D eigenvalue weighted by Crippen LogP contribution is 2.15. The lowest BCUT2D eigenvalue weighted by Crippen LogP contribution is -2.45. The molecule has 0 bridgehead atoms. The van der Waals surface area contributed by atoms with Crippen LogP contribution < -0.4 is 10.6 Å². The van der Waals surface area contributed by atoms with Gasteiger partial charge in [0.15, 0.2) is 0 Å². The minimum Gasteiger partial charge on any atom is -0.336 e. The Labute approximate surface area is 139 Å².